The topological polar surface area (TPSA) is 82.2 Å². The second kappa shape index (κ2) is 6.53. The summed E-state index contributed by atoms with van der Waals surface area (Å²) < 4.78 is 6.95. The number of methoxy groups -OCH3 is 1. The van der Waals surface area contributed by atoms with Crippen LogP contribution in [0.15, 0.2) is 29.3 Å². The van der Waals surface area contributed by atoms with Gasteiger partial charge in [-0.3, -0.25) is 9.48 Å². The van der Waals surface area contributed by atoms with Crippen molar-refractivity contribution in [3.05, 3.63) is 30.0 Å². The fourth-order valence-corrected chi connectivity index (χ4v) is 2.70. The second-order valence-electron chi connectivity index (χ2n) is 4.54. The Labute approximate surface area is 127 Å². The lowest BCUT2D eigenvalue weighted by Crippen LogP contribution is -2.15. The summed E-state index contributed by atoms with van der Waals surface area (Å²) in [6.07, 6.45) is 0. The van der Waals surface area contributed by atoms with Crippen LogP contribution in [0.25, 0.3) is 0 Å². The molecule has 0 unspecified atom stereocenters. The van der Waals surface area contributed by atoms with Crippen LogP contribution in [-0.2, 0) is 11.8 Å². The zero-order valence-corrected chi connectivity index (χ0v) is 13.0. The molecular formula is C14H18N4O2S. The number of aromatic nitrogens is 2. The predicted molar refractivity (Wildman–Crippen MR) is 84.7 cm³/mol. The largest absolute Gasteiger partial charge is 0.495 e. The van der Waals surface area contributed by atoms with Gasteiger partial charge in [0.25, 0.3) is 0 Å². The highest BCUT2D eigenvalue weighted by Crippen LogP contribution is 2.27. The monoisotopic (exact) mass is 306 g/mol. The fraction of sp³-hybridized carbons (Fsp3) is 0.286. The highest BCUT2D eigenvalue weighted by Gasteiger charge is 2.10. The molecule has 0 bridgehead atoms. The van der Waals surface area contributed by atoms with Crippen LogP contribution < -0.4 is 15.8 Å². The van der Waals surface area contributed by atoms with Gasteiger partial charge in [0.2, 0.25) is 5.91 Å². The Kier molecular flexibility index (Phi) is 4.74. The zero-order chi connectivity index (χ0) is 15.4. The minimum atomic E-state index is -0.122. The van der Waals surface area contributed by atoms with E-state index < -0.39 is 0 Å². The Hall–Kier alpha value is -2.15. The van der Waals surface area contributed by atoms with Crippen LogP contribution in [0.5, 0.6) is 5.75 Å². The number of aryl methyl sites for hydroxylation is 2. The van der Waals surface area contributed by atoms with Gasteiger partial charge in [-0.25, -0.2) is 0 Å². The van der Waals surface area contributed by atoms with Gasteiger partial charge in [-0.05, 0) is 31.2 Å². The van der Waals surface area contributed by atoms with Gasteiger partial charge in [0.15, 0.2) is 0 Å². The number of hydrogen-bond donors (Lipinski definition) is 2. The average molecular weight is 306 g/mol. The third kappa shape index (κ3) is 3.91. The van der Waals surface area contributed by atoms with Gasteiger partial charge < -0.3 is 15.8 Å². The van der Waals surface area contributed by atoms with Crippen molar-refractivity contribution in [2.24, 2.45) is 7.05 Å². The van der Waals surface area contributed by atoms with Crippen molar-refractivity contribution in [1.29, 1.82) is 0 Å². The van der Waals surface area contributed by atoms with Crippen molar-refractivity contribution >= 4 is 29.0 Å². The first-order valence-corrected chi connectivity index (χ1v) is 7.35. The van der Waals surface area contributed by atoms with E-state index in [0.717, 1.165) is 10.7 Å². The summed E-state index contributed by atoms with van der Waals surface area (Å²) in [7, 11) is 3.41. The van der Waals surface area contributed by atoms with E-state index in [1.54, 1.807) is 30.0 Å². The molecule has 0 aliphatic heterocycles. The normalized spacial score (nSPS) is 10.4. The molecule has 0 atom stereocenters. The number of ether oxygens (including phenoxy) is 1. The lowest BCUT2D eigenvalue weighted by atomic mass is 10.2. The average Bonchev–Trinajstić information content (AvgIpc) is 2.75. The number of thioether (sulfide) groups is 1. The summed E-state index contributed by atoms with van der Waals surface area (Å²) in [5, 5.41) is 7.99. The van der Waals surface area contributed by atoms with Crippen LogP contribution >= 0.6 is 11.8 Å². The molecule has 0 spiro atoms. The molecule has 0 saturated heterocycles. The van der Waals surface area contributed by atoms with Crippen LogP contribution in [-0.4, -0.2) is 28.6 Å². The molecule has 0 saturated carbocycles. The number of amides is 1. The summed E-state index contributed by atoms with van der Waals surface area (Å²) >= 11 is 1.43. The Morgan fingerprint density at radius 1 is 1.48 bits per heavy atom. The summed E-state index contributed by atoms with van der Waals surface area (Å²) in [6, 6.07) is 7.07. The van der Waals surface area contributed by atoms with Gasteiger partial charge in [0, 0.05) is 12.7 Å². The Morgan fingerprint density at radius 2 is 2.24 bits per heavy atom. The third-order valence-corrected chi connectivity index (χ3v) is 3.89. The number of hydrogen-bond acceptors (Lipinski definition) is 5. The number of carbonyl (C=O) groups is 1. The summed E-state index contributed by atoms with van der Waals surface area (Å²) in [6.45, 7) is 1.92. The minimum absolute atomic E-state index is 0.122. The maximum absolute atomic E-state index is 12.0. The number of anilines is 2. The molecule has 1 amide bonds. The highest BCUT2D eigenvalue weighted by atomic mass is 32.2. The van der Waals surface area contributed by atoms with Crippen molar-refractivity contribution in [3.63, 3.8) is 0 Å². The molecule has 0 aliphatic carbocycles. The molecule has 2 rings (SSSR count). The molecule has 1 aromatic carbocycles. The molecule has 21 heavy (non-hydrogen) atoms. The van der Waals surface area contributed by atoms with Gasteiger partial charge in [-0.2, -0.15) is 5.10 Å². The van der Waals surface area contributed by atoms with Gasteiger partial charge in [-0.15, -0.1) is 0 Å². The van der Waals surface area contributed by atoms with Crippen molar-refractivity contribution < 1.29 is 9.53 Å². The van der Waals surface area contributed by atoms with E-state index in [-0.39, 0.29) is 11.7 Å². The van der Waals surface area contributed by atoms with Crippen molar-refractivity contribution in [2.75, 3.05) is 23.9 Å². The Morgan fingerprint density at radius 3 is 2.86 bits per heavy atom. The molecule has 112 valence electrons. The van der Waals surface area contributed by atoms with E-state index in [2.05, 4.69) is 10.4 Å². The van der Waals surface area contributed by atoms with Crippen LogP contribution in [0.3, 0.4) is 0 Å². The number of carbonyl (C=O) groups excluding carboxylic acids is 1. The molecule has 2 aromatic rings. The standard InChI is InChI=1S/C14H18N4O2S/c1-9-6-14(18(2)17-9)21-8-13(19)16-11-7-10(15)4-5-12(11)20-3/h4-7H,8,15H2,1-3H3,(H,16,19). The Bertz CT molecular complexity index is 654. The van der Waals surface area contributed by atoms with Crippen LogP contribution in [0, 0.1) is 6.92 Å². The van der Waals surface area contributed by atoms with Gasteiger partial charge in [0.05, 0.1) is 29.3 Å². The fourth-order valence-electron chi connectivity index (χ4n) is 1.87. The van der Waals surface area contributed by atoms with Gasteiger partial charge >= 0.3 is 0 Å². The molecule has 0 fully saturated rings. The molecule has 1 heterocycles. The minimum Gasteiger partial charge on any atom is -0.495 e. The second-order valence-corrected chi connectivity index (χ2v) is 5.54. The van der Waals surface area contributed by atoms with E-state index in [9.17, 15) is 4.79 Å². The number of benzene rings is 1. The summed E-state index contributed by atoms with van der Waals surface area (Å²) in [4.78, 5) is 12.0. The van der Waals surface area contributed by atoms with Crippen LogP contribution in [0.2, 0.25) is 0 Å². The third-order valence-electron chi connectivity index (χ3n) is 2.81. The maximum Gasteiger partial charge on any atom is 0.234 e. The molecule has 7 heteroatoms. The molecule has 0 radical (unpaired) electrons. The van der Waals surface area contributed by atoms with Crippen LogP contribution in [0.1, 0.15) is 5.69 Å². The van der Waals surface area contributed by atoms with E-state index in [0.29, 0.717) is 17.1 Å². The van der Waals surface area contributed by atoms with Gasteiger partial charge in [0.1, 0.15) is 5.75 Å². The van der Waals surface area contributed by atoms with Crippen LogP contribution in [0.4, 0.5) is 11.4 Å². The molecule has 1 aromatic heterocycles. The molecule has 6 nitrogen and oxygen atoms in total. The maximum atomic E-state index is 12.0. The number of nitrogens with two attached hydrogens (primary N) is 1. The van der Waals surface area contributed by atoms with E-state index in [1.807, 2.05) is 20.0 Å². The summed E-state index contributed by atoms with van der Waals surface area (Å²) in [5.74, 6) is 0.749. The van der Waals surface area contributed by atoms with Gasteiger partial charge in [-0.1, -0.05) is 11.8 Å². The number of nitrogens with one attached hydrogen (secondary N) is 1. The zero-order valence-electron chi connectivity index (χ0n) is 12.2. The first-order chi connectivity index (χ1) is 9.99. The van der Waals surface area contributed by atoms with Crippen molar-refractivity contribution in [3.8, 4) is 5.75 Å². The molecular weight excluding hydrogens is 288 g/mol. The molecule has 3 N–H and O–H groups in total. The first-order valence-electron chi connectivity index (χ1n) is 6.36. The quantitative estimate of drug-likeness (QED) is 0.652. The number of nitrogen functional groups attached to an aromatic ring is 1. The Balaban J connectivity index is 1.99. The van der Waals surface area contributed by atoms with E-state index >= 15 is 0 Å². The van der Waals surface area contributed by atoms with Crippen molar-refractivity contribution in [1.82, 2.24) is 9.78 Å². The lowest BCUT2D eigenvalue weighted by molar-refractivity contribution is -0.113. The van der Waals surface area contributed by atoms with E-state index in [1.165, 1.54) is 11.8 Å². The van der Waals surface area contributed by atoms with Crippen molar-refractivity contribution in [2.45, 2.75) is 11.9 Å². The SMILES string of the molecule is COc1ccc(N)cc1NC(=O)CSc1cc(C)nn1C. The first kappa shape index (κ1) is 15.2. The number of rotatable bonds is 5. The smallest absolute Gasteiger partial charge is 0.234 e. The lowest BCUT2D eigenvalue weighted by Gasteiger charge is -2.10. The molecule has 0 aliphatic rings. The highest BCUT2D eigenvalue weighted by molar-refractivity contribution is 7.99. The van der Waals surface area contributed by atoms with E-state index in [4.69, 9.17) is 10.5 Å². The summed E-state index contributed by atoms with van der Waals surface area (Å²) in [5.41, 5.74) is 7.79. The number of nitrogens with zero attached hydrogens (tertiary/aromatic N) is 2. The predicted octanol–water partition coefficient (Wildman–Crippen LogP) is 2.05.